The van der Waals surface area contributed by atoms with E-state index < -0.39 is 0 Å². The van der Waals surface area contributed by atoms with Crippen molar-refractivity contribution in [3.63, 3.8) is 0 Å². The number of anilines is 2. The maximum absolute atomic E-state index is 12.7. The molecule has 2 aromatic carbocycles. The van der Waals surface area contributed by atoms with E-state index in [1.807, 2.05) is 54.0 Å². The molecular weight excluding hydrogens is 458 g/mol. The van der Waals surface area contributed by atoms with Gasteiger partial charge in [0.1, 0.15) is 5.75 Å². The standard InChI is InChI=1S/C24H24ClN5O2S/c1-15-3-6-18(13-20(15)25)26-22(31)17-9-11-29(12-10-17)24-28-30-14-21(27-23(30)33-24)16-4-7-19(32-2)8-5-16/h3-8,13-14,17H,9-12H2,1-2H3,(H,26,31). The first kappa shape index (κ1) is 21.7. The number of ether oxygens (including phenoxy) is 1. The molecule has 0 atom stereocenters. The van der Waals surface area contributed by atoms with Crippen LogP contribution >= 0.6 is 22.9 Å². The lowest BCUT2D eigenvalue weighted by molar-refractivity contribution is -0.120. The third-order valence-corrected chi connectivity index (χ3v) is 7.38. The van der Waals surface area contributed by atoms with Gasteiger partial charge in [-0.15, -0.1) is 5.10 Å². The maximum Gasteiger partial charge on any atom is 0.227 e. The smallest absolute Gasteiger partial charge is 0.227 e. The summed E-state index contributed by atoms with van der Waals surface area (Å²) in [7, 11) is 1.66. The number of halogens is 1. The van der Waals surface area contributed by atoms with Crippen LogP contribution in [0.5, 0.6) is 5.75 Å². The van der Waals surface area contributed by atoms with Crippen LogP contribution in [-0.2, 0) is 4.79 Å². The van der Waals surface area contributed by atoms with Gasteiger partial charge >= 0.3 is 0 Å². The highest BCUT2D eigenvalue weighted by Gasteiger charge is 2.27. The van der Waals surface area contributed by atoms with Crippen molar-refractivity contribution in [1.29, 1.82) is 0 Å². The summed E-state index contributed by atoms with van der Waals surface area (Å²) in [5.74, 6) is 0.847. The van der Waals surface area contributed by atoms with Crippen LogP contribution in [0.25, 0.3) is 16.2 Å². The Kier molecular flexibility index (Phi) is 5.95. The van der Waals surface area contributed by atoms with Crippen LogP contribution in [0.15, 0.2) is 48.7 Å². The minimum Gasteiger partial charge on any atom is -0.497 e. The summed E-state index contributed by atoms with van der Waals surface area (Å²) in [6, 6.07) is 13.4. The zero-order valence-corrected chi connectivity index (χ0v) is 20.0. The molecule has 0 unspecified atom stereocenters. The van der Waals surface area contributed by atoms with E-state index in [1.165, 1.54) is 0 Å². The first-order valence-corrected chi connectivity index (χ1v) is 12.0. The molecule has 0 saturated carbocycles. The summed E-state index contributed by atoms with van der Waals surface area (Å²) < 4.78 is 7.05. The second-order valence-electron chi connectivity index (χ2n) is 8.18. The number of amides is 1. The quantitative estimate of drug-likeness (QED) is 0.419. The SMILES string of the molecule is COc1ccc(-c2cn3nc(N4CCC(C(=O)Nc5ccc(C)c(Cl)c5)CC4)sc3n2)cc1. The third kappa shape index (κ3) is 4.54. The van der Waals surface area contributed by atoms with Crippen LogP contribution in [0, 0.1) is 12.8 Å². The Balaban J connectivity index is 1.21. The number of methoxy groups -OCH3 is 1. The van der Waals surface area contributed by atoms with Crippen molar-refractivity contribution in [2.24, 2.45) is 5.92 Å². The molecular formula is C24H24ClN5O2S. The van der Waals surface area contributed by atoms with Gasteiger partial charge in [0.25, 0.3) is 0 Å². The van der Waals surface area contributed by atoms with E-state index in [0.717, 1.165) is 64.3 Å². The third-order valence-electron chi connectivity index (χ3n) is 5.99. The molecule has 5 rings (SSSR count). The first-order valence-electron chi connectivity index (χ1n) is 10.8. The van der Waals surface area contributed by atoms with Crippen molar-refractivity contribution in [3.05, 3.63) is 59.2 Å². The number of hydrogen-bond donors (Lipinski definition) is 1. The normalized spacial score (nSPS) is 14.6. The molecule has 3 heterocycles. The number of aryl methyl sites for hydroxylation is 1. The Morgan fingerprint density at radius 1 is 1.18 bits per heavy atom. The van der Waals surface area contributed by atoms with Crippen molar-refractivity contribution >= 4 is 44.6 Å². The van der Waals surface area contributed by atoms with Gasteiger partial charge in [0.05, 0.1) is 19.0 Å². The molecule has 0 spiro atoms. The fraction of sp³-hybridized carbons (Fsp3) is 0.292. The molecule has 2 aromatic heterocycles. The number of benzene rings is 2. The van der Waals surface area contributed by atoms with E-state index in [1.54, 1.807) is 24.5 Å². The number of nitrogens with zero attached hydrogens (tertiary/aromatic N) is 4. The Morgan fingerprint density at radius 3 is 2.61 bits per heavy atom. The van der Waals surface area contributed by atoms with E-state index in [-0.39, 0.29) is 11.8 Å². The predicted octanol–water partition coefficient (Wildman–Crippen LogP) is 5.28. The Bertz CT molecular complexity index is 1260. The number of carbonyl (C=O) groups excluding carboxylic acids is 1. The highest BCUT2D eigenvalue weighted by atomic mass is 35.5. The summed E-state index contributed by atoms with van der Waals surface area (Å²) in [6.45, 7) is 3.52. The van der Waals surface area contributed by atoms with Crippen LogP contribution in [0.2, 0.25) is 5.02 Å². The predicted molar refractivity (Wildman–Crippen MR) is 133 cm³/mol. The lowest BCUT2D eigenvalue weighted by Gasteiger charge is -2.30. The summed E-state index contributed by atoms with van der Waals surface area (Å²) in [5.41, 5.74) is 3.65. The minimum absolute atomic E-state index is 0.0213. The maximum atomic E-state index is 12.7. The monoisotopic (exact) mass is 481 g/mol. The molecule has 0 aliphatic carbocycles. The van der Waals surface area contributed by atoms with Gasteiger partial charge in [-0.25, -0.2) is 9.50 Å². The fourth-order valence-electron chi connectivity index (χ4n) is 3.97. The summed E-state index contributed by atoms with van der Waals surface area (Å²) in [6.07, 6.45) is 3.51. The fourth-order valence-corrected chi connectivity index (χ4v) is 5.08. The van der Waals surface area contributed by atoms with Gasteiger partial charge in [-0.2, -0.15) is 0 Å². The molecule has 1 fully saturated rings. The van der Waals surface area contributed by atoms with Crippen molar-refractivity contribution in [2.45, 2.75) is 19.8 Å². The van der Waals surface area contributed by atoms with Gasteiger partial charge in [0.2, 0.25) is 16.0 Å². The minimum atomic E-state index is -0.0213. The second kappa shape index (κ2) is 9.03. The van der Waals surface area contributed by atoms with Crippen molar-refractivity contribution in [3.8, 4) is 17.0 Å². The molecule has 0 bridgehead atoms. The largest absolute Gasteiger partial charge is 0.497 e. The molecule has 1 amide bonds. The number of aromatic nitrogens is 3. The van der Waals surface area contributed by atoms with Crippen molar-refractivity contribution < 1.29 is 9.53 Å². The molecule has 33 heavy (non-hydrogen) atoms. The Hall–Kier alpha value is -3.10. The molecule has 7 nitrogen and oxygen atoms in total. The molecule has 1 aliphatic rings. The number of imidazole rings is 1. The van der Waals surface area contributed by atoms with E-state index >= 15 is 0 Å². The highest BCUT2D eigenvalue weighted by Crippen LogP contribution is 2.30. The summed E-state index contributed by atoms with van der Waals surface area (Å²) in [5, 5.41) is 9.33. The topological polar surface area (TPSA) is 71.8 Å². The van der Waals surface area contributed by atoms with E-state index in [9.17, 15) is 4.79 Å². The Morgan fingerprint density at radius 2 is 1.94 bits per heavy atom. The second-order valence-corrected chi connectivity index (χ2v) is 9.52. The van der Waals surface area contributed by atoms with Crippen molar-refractivity contribution in [1.82, 2.24) is 14.6 Å². The molecule has 0 radical (unpaired) electrons. The van der Waals surface area contributed by atoms with Crippen LogP contribution in [0.1, 0.15) is 18.4 Å². The molecule has 1 saturated heterocycles. The summed E-state index contributed by atoms with van der Waals surface area (Å²) in [4.78, 5) is 20.5. The highest BCUT2D eigenvalue weighted by molar-refractivity contribution is 7.20. The van der Waals surface area contributed by atoms with Gasteiger partial charge in [-0.1, -0.05) is 29.0 Å². The Labute approximate surface area is 201 Å². The molecule has 170 valence electrons. The van der Waals surface area contributed by atoms with Gasteiger partial charge in [0.15, 0.2) is 0 Å². The van der Waals surface area contributed by atoms with Crippen molar-refractivity contribution in [2.75, 3.05) is 30.4 Å². The lowest BCUT2D eigenvalue weighted by atomic mass is 9.96. The number of hydrogen-bond acceptors (Lipinski definition) is 6. The van der Waals surface area contributed by atoms with Gasteiger partial charge < -0.3 is 15.0 Å². The summed E-state index contributed by atoms with van der Waals surface area (Å²) >= 11 is 7.74. The molecule has 1 N–H and O–H groups in total. The first-order chi connectivity index (χ1) is 16.0. The van der Waals surface area contributed by atoms with Crippen LogP contribution in [0.4, 0.5) is 10.8 Å². The molecule has 9 heteroatoms. The van der Waals surface area contributed by atoms with Gasteiger partial charge in [-0.3, -0.25) is 4.79 Å². The van der Waals surface area contributed by atoms with Gasteiger partial charge in [0, 0.05) is 35.3 Å². The number of piperidine rings is 1. The van der Waals surface area contributed by atoms with Crippen LogP contribution in [-0.4, -0.2) is 40.7 Å². The molecule has 1 aliphatic heterocycles. The number of carbonyl (C=O) groups is 1. The lowest BCUT2D eigenvalue weighted by Crippen LogP contribution is -2.38. The van der Waals surface area contributed by atoms with Crippen LogP contribution in [0.3, 0.4) is 0 Å². The zero-order chi connectivity index (χ0) is 22.9. The van der Waals surface area contributed by atoms with E-state index in [4.69, 9.17) is 26.4 Å². The van der Waals surface area contributed by atoms with Gasteiger partial charge in [-0.05, 0) is 61.7 Å². The average molecular weight is 482 g/mol. The number of rotatable bonds is 5. The number of nitrogens with one attached hydrogen (secondary N) is 1. The van der Waals surface area contributed by atoms with Crippen LogP contribution < -0.4 is 15.0 Å². The zero-order valence-electron chi connectivity index (χ0n) is 18.4. The average Bonchev–Trinajstić information content (AvgIpc) is 3.41. The molecule has 4 aromatic rings. The number of fused-ring (bicyclic) bond motifs is 1. The van der Waals surface area contributed by atoms with E-state index in [2.05, 4.69) is 10.2 Å². The van der Waals surface area contributed by atoms with E-state index in [0.29, 0.717) is 5.02 Å².